The summed E-state index contributed by atoms with van der Waals surface area (Å²) in [6.45, 7) is 6.48. The highest BCUT2D eigenvalue weighted by molar-refractivity contribution is 7.15. The average Bonchev–Trinajstić information content (AvgIpc) is 2.90. The zero-order chi connectivity index (χ0) is 13.3. The summed E-state index contributed by atoms with van der Waals surface area (Å²) in [4.78, 5) is 8.00. The molecule has 0 aliphatic heterocycles. The van der Waals surface area contributed by atoms with Gasteiger partial charge in [0.05, 0.1) is 5.69 Å². The van der Waals surface area contributed by atoms with Crippen molar-refractivity contribution in [3.05, 3.63) is 17.3 Å². The molecule has 0 bridgehead atoms. The van der Waals surface area contributed by atoms with Crippen molar-refractivity contribution in [3.8, 4) is 0 Å². The summed E-state index contributed by atoms with van der Waals surface area (Å²) in [5, 5.41) is 2.07. The Kier molecular flexibility index (Phi) is 3.92. The normalized spacial score (nSPS) is 13.4. The van der Waals surface area contributed by atoms with E-state index in [1.807, 2.05) is 0 Å². The molecule has 0 aliphatic carbocycles. The van der Waals surface area contributed by atoms with E-state index in [-0.39, 0.29) is 6.04 Å². The number of hydrogen-bond donors (Lipinski definition) is 1. The highest BCUT2D eigenvalue weighted by Crippen LogP contribution is 2.26. The summed E-state index contributed by atoms with van der Waals surface area (Å²) < 4.78 is 2.17. The number of hydrogen-bond acceptors (Lipinski definition) is 4. The fourth-order valence-corrected chi connectivity index (χ4v) is 2.66. The Bertz CT molecular complexity index is 514. The second kappa shape index (κ2) is 5.28. The second-order valence-corrected chi connectivity index (χ2v) is 5.89. The van der Waals surface area contributed by atoms with Gasteiger partial charge in [0, 0.05) is 37.1 Å². The molecule has 0 radical (unpaired) electrons. The highest BCUT2D eigenvalue weighted by Gasteiger charge is 2.19. The van der Waals surface area contributed by atoms with Gasteiger partial charge in [-0.1, -0.05) is 6.92 Å². The predicted molar refractivity (Wildman–Crippen MR) is 78.6 cm³/mol. The van der Waals surface area contributed by atoms with Crippen LogP contribution in [0, 0.1) is 0 Å². The van der Waals surface area contributed by atoms with Crippen LogP contribution in [0.4, 0.5) is 5.82 Å². The first-order chi connectivity index (χ1) is 8.54. The standard InChI is InChI=1S/C13H22N4S/c1-5-10(14)8-11-12(16(4)9(2)3)15-13-17(11)6-7-18-13/h6-7,9-10H,5,8,14H2,1-4H3. The Balaban J connectivity index is 2.44. The molecule has 2 N–H and O–H groups in total. The maximum atomic E-state index is 6.11. The minimum Gasteiger partial charge on any atom is -0.356 e. The van der Waals surface area contributed by atoms with Crippen molar-refractivity contribution in [2.24, 2.45) is 5.73 Å². The van der Waals surface area contributed by atoms with Crippen molar-refractivity contribution in [2.45, 2.75) is 45.7 Å². The Labute approximate surface area is 112 Å². The summed E-state index contributed by atoms with van der Waals surface area (Å²) >= 11 is 1.67. The largest absolute Gasteiger partial charge is 0.356 e. The molecule has 2 aromatic rings. The lowest BCUT2D eigenvalue weighted by Crippen LogP contribution is -2.29. The Morgan fingerprint density at radius 3 is 2.83 bits per heavy atom. The summed E-state index contributed by atoms with van der Waals surface area (Å²) in [5.41, 5.74) is 7.35. The Morgan fingerprint density at radius 2 is 2.22 bits per heavy atom. The second-order valence-electron chi connectivity index (χ2n) is 5.01. The summed E-state index contributed by atoms with van der Waals surface area (Å²) in [5.74, 6) is 1.07. The van der Waals surface area contributed by atoms with Gasteiger partial charge in [-0.3, -0.25) is 4.40 Å². The van der Waals surface area contributed by atoms with Crippen molar-refractivity contribution in [3.63, 3.8) is 0 Å². The number of nitrogens with two attached hydrogens (primary N) is 1. The molecule has 0 amide bonds. The summed E-state index contributed by atoms with van der Waals surface area (Å²) in [7, 11) is 2.10. The molecule has 0 spiro atoms. The van der Waals surface area contributed by atoms with Gasteiger partial charge in [-0.05, 0) is 20.3 Å². The molecular weight excluding hydrogens is 244 g/mol. The van der Waals surface area contributed by atoms with Gasteiger partial charge in [-0.25, -0.2) is 4.98 Å². The van der Waals surface area contributed by atoms with E-state index >= 15 is 0 Å². The first-order valence-corrected chi connectivity index (χ1v) is 7.35. The number of nitrogens with zero attached hydrogens (tertiary/aromatic N) is 3. The average molecular weight is 266 g/mol. The maximum Gasteiger partial charge on any atom is 0.195 e. The topological polar surface area (TPSA) is 46.6 Å². The van der Waals surface area contributed by atoms with E-state index in [1.165, 1.54) is 5.69 Å². The predicted octanol–water partition coefficient (Wildman–Crippen LogP) is 2.52. The third-order valence-electron chi connectivity index (χ3n) is 3.43. The Hall–Kier alpha value is -1.07. The van der Waals surface area contributed by atoms with Gasteiger partial charge >= 0.3 is 0 Å². The zero-order valence-electron chi connectivity index (χ0n) is 11.6. The number of rotatable bonds is 5. The van der Waals surface area contributed by atoms with Gasteiger partial charge in [-0.15, -0.1) is 11.3 Å². The molecule has 100 valence electrons. The SMILES string of the molecule is CCC(N)Cc1c(N(C)C(C)C)nc2sccn12. The molecule has 18 heavy (non-hydrogen) atoms. The van der Waals surface area contributed by atoms with Crippen LogP contribution in [0.1, 0.15) is 32.9 Å². The molecule has 5 heteroatoms. The van der Waals surface area contributed by atoms with Crippen LogP contribution in [0.5, 0.6) is 0 Å². The van der Waals surface area contributed by atoms with E-state index in [1.54, 1.807) is 11.3 Å². The summed E-state index contributed by atoms with van der Waals surface area (Å²) in [6.07, 6.45) is 3.95. The number of fused-ring (bicyclic) bond motifs is 1. The molecule has 1 unspecified atom stereocenters. The van der Waals surface area contributed by atoms with Crippen LogP contribution in [-0.4, -0.2) is 28.5 Å². The van der Waals surface area contributed by atoms with E-state index in [4.69, 9.17) is 10.7 Å². The first kappa shape index (κ1) is 13.4. The lowest BCUT2D eigenvalue weighted by molar-refractivity contribution is 0.630. The molecule has 2 heterocycles. The lowest BCUT2D eigenvalue weighted by Gasteiger charge is -2.23. The van der Waals surface area contributed by atoms with Crippen LogP contribution in [0.2, 0.25) is 0 Å². The minimum absolute atomic E-state index is 0.198. The quantitative estimate of drug-likeness (QED) is 0.904. The molecule has 0 aromatic carbocycles. The third-order valence-corrected chi connectivity index (χ3v) is 4.19. The van der Waals surface area contributed by atoms with Gasteiger partial charge in [0.1, 0.15) is 0 Å². The van der Waals surface area contributed by atoms with Crippen LogP contribution < -0.4 is 10.6 Å². The van der Waals surface area contributed by atoms with Crippen LogP contribution in [0.25, 0.3) is 4.96 Å². The Morgan fingerprint density at radius 1 is 1.50 bits per heavy atom. The van der Waals surface area contributed by atoms with Gasteiger partial charge in [-0.2, -0.15) is 0 Å². The van der Waals surface area contributed by atoms with Crippen molar-refractivity contribution in [1.82, 2.24) is 9.38 Å². The molecule has 0 saturated heterocycles. The molecule has 1 atom stereocenters. The van der Waals surface area contributed by atoms with E-state index in [0.29, 0.717) is 6.04 Å². The van der Waals surface area contributed by atoms with Crippen molar-refractivity contribution in [1.29, 1.82) is 0 Å². The summed E-state index contributed by atoms with van der Waals surface area (Å²) in [6, 6.07) is 0.635. The van der Waals surface area contributed by atoms with Crippen LogP contribution >= 0.6 is 11.3 Å². The van der Waals surface area contributed by atoms with Crippen LogP contribution in [0.3, 0.4) is 0 Å². The molecule has 0 fully saturated rings. The van der Waals surface area contributed by atoms with E-state index in [2.05, 4.69) is 48.7 Å². The first-order valence-electron chi connectivity index (χ1n) is 6.47. The van der Waals surface area contributed by atoms with Gasteiger partial charge in [0.2, 0.25) is 0 Å². The van der Waals surface area contributed by atoms with Gasteiger partial charge in [0.25, 0.3) is 0 Å². The zero-order valence-corrected chi connectivity index (χ0v) is 12.4. The van der Waals surface area contributed by atoms with Crippen LogP contribution in [-0.2, 0) is 6.42 Å². The van der Waals surface area contributed by atoms with E-state index < -0.39 is 0 Å². The maximum absolute atomic E-state index is 6.11. The van der Waals surface area contributed by atoms with E-state index in [0.717, 1.165) is 23.6 Å². The fraction of sp³-hybridized carbons (Fsp3) is 0.615. The third kappa shape index (κ3) is 2.37. The molecule has 2 aromatic heterocycles. The number of anilines is 1. The molecule has 4 nitrogen and oxygen atoms in total. The fourth-order valence-electron chi connectivity index (χ4n) is 1.93. The number of aromatic nitrogens is 2. The molecule has 0 aliphatic rings. The molecule has 2 rings (SSSR count). The number of imidazole rings is 1. The molecule has 0 saturated carbocycles. The van der Waals surface area contributed by atoms with Crippen molar-refractivity contribution >= 4 is 22.1 Å². The van der Waals surface area contributed by atoms with Crippen molar-refractivity contribution < 1.29 is 0 Å². The minimum atomic E-state index is 0.198. The molecular formula is C13H22N4S. The van der Waals surface area contributed by atoms with Crippen molar-refractivity contribution in [2.75, 3.05) is 11.9 Å². The smallest absolute Gasteiger partial charge is 0.195 e. The number of thiazole rings is 1. The highest BCUT2D eigenvalue weighted by atomic mass is 32.1. The van der Waals surface area contributed by atoms with Gasteiger partial charge < -0.3 is 10.6 Å². The monoisotopic (exact) mass is 266 g/mol. The van der Waals surface area contributed by atoms with Gasteiger partial charge in [0.15, 0.2) is 10.8 Å². The van der Waals surface area contributed by atoms with Crippen LogP contribution in [0.15, 0.2) is 11.6 Å². The lowest BCUT2D eigenvalue weighted by atomic mass is 10.1. The van der Waals surface area contributed by atoms with E-state index in [9.17, 15) is 0 Å².